The van der Waals surface area contributed by atoms with E-state index in [2.05, 4.69) is 18.7 Å². The normalized spacial score (nSPS) is 18.3. The Hall–Kier alpha value is -2.40. The van der Waals surface area contributed by atoms with Crippen molar-refractivity contribution in [1.82, 2.24) is 9.80 Å². The zero-order valence-corrected chi connectivity index (χ0v) is 16.9. The predicted molar refractivity (Wildman–Crippen MR) is 109 cm³/mol. The van der Waals surface area contributed by atoms with Crippen LogP contribution < -0.4 is 0 Å². The average molecular weight is 384 g/mol. The molecule has 5 heteroatoms. The van der Waals surface area contributed by atoms with Crippen molar-refractivity contribution in [1.29, 1.82) is 0 Å². The van der Waals surface area contributed by atoms with Gasteiger partial charge >= 0.3 is 0 Å². The molecule has 0 spiro atoms. The van der Waals surface area contributed by atoms with Crippen molar-refractivity contribution < 1.29 is 14.3 Å². The lowest BCUT2D eigenvalue weighted by atomic mass is 10.0. The summed E-state index contributed by atoms with van der Waals surface area (Å²) >= 11 is 0. The third kappa shape index (κ3) is 4.53. The minimum Gasteiger partial charge on any atom is -0.508 e. The van der Waals surface area contributed by atoms with E-state index in [1.54, 1.807) is 25.1 Å². The van der Waals surface area contributed by atoms with Crippen LogP contribution in [0.4, 0.5) is 4.39 Å². The predicted octanol–water partition coefficient (Wildman–Crippen LogP) is 4.21. The molecule has 0 radical (unpaired) electrons. The molecule has 4 nitrogen and oxygen atoms in total. The summed E-state index contributed by atoms with van der Waals surface area (Å²) in [6.45, 7) is 9.11. The Morgan fingerprint density at radius 2 is 1.89 bits per heavy atom. The van der Waals surface area contributed by atoms with Gasteiger partial charge in [-0.1, -0.05) is 32.0 Å². The van der Waals surface area contributed by atoms with Gasteiger partial charge < -0.3 is 10.0 Å². The maximum Gasteiger partial charge on any atom is 0.254 e. The number of carbonyl (C=O) groups excluding carboxylic acids is 1. The molecule has 1 aliphatic rings. The summed E-state index contributed by atoms with van der Waals surface area (Å²) in [5.74, 6) is 0.277. The van der Waals surface area contributed by atoms with Crippen molar-refractivity contribution in [3.05, 3.63) is 65.0 Å². The average Bonchev–Trinajstić information content (AvgIpc) is 2.88. The Morgan fingerprint density at radius 1 is 1.18 bits per heavy atom. The van der Waals surface area contributed by atoms with E-state index >= 15 is 0 Å². The molecule has 1 N–H and O–H groups in total. The highest BCUT2D eigenvalue weighted by Crippen LogP contribution is 2.24. The summed E-state index contributed by atoms with van der Waals surface area (Å²) in [7, 11) is 0. The summed E-state index contributed by atoms with van der Waals surface area (Å²) in [4.78, 5) is 17.5. The van der Waals surface area contributed by atoms with Crippen LogP contribution in [0.15, 0.2) is 42.5 Å². The molecule has 1 amide bonds. The second-order valence-corrected chi connectivity index (χ2v) is 7.96. The lowest BCUT2D eigenvalue weighted by Gasteiger charge is -2.34. The first-order valence-corrected chi connectivity index (χ1v) is 9.93. The fourth-order valence-electron chi connectivity index (χ4n) is 3.93. The summed E-state index contributed by atoms with van der Waals surface area (Å²) < 4.78 is 13.2. The Balaban J connectivity index is 1.79. The van der Waals surface area contributed by atoms with Gasteiger partial charge in [0.2, 0.25) is 0 Å². The largest absolute Gasteiger partial charge is 0.508 e. The van der Waals surface area contributed by atoms with Crippen molar-refractivity contribution in [2.75, 3.05) is 19.6 Å². The standard InChI is InChI=1S/C23H29FN2O2/c1-16(2)21-15-26(23(28)20-6-4-7-22(27)17(20)3)13-5-12-25(21)14-18-8-10-19(24)11-9-18/h4,6-11,16,21,27H,5,12-15H2,1-3H3/t21-/m1/s1. The second kappa shape index (κ2) is 8.74. The number of aromatic hydroxyl groups is 1. The number of nitrogens with zero attached hydrogens (tertiary/aromatic N) is 2. The molecule has 28 heavy (non-hydrogen) atoms. The Morgan fingerprint density at radius 3 is 2.57 bits per heavy atom. The number of amides is 1. The highest BCUT2D eigenvalue weighted by atomic mass is 19.1. The molecule has 0 aliphatic carbocycles. The molecule has 2 aromatic rings. The lowest BCUT2D eigenvalue weighted by molar-refractivity contribution is 0.0701. The van der Waals surface area contributed by atoms with E-state index in [1.165, 1.54) is 12.1 Å². The van der Waals surface area contributed by atoms with E-state index in [0.717, 1.165) is 25.1 Å². The number of phenolic OH excluding ortho intramolecular Hbond substituents is 1. The molecule has 1 fully saturated rings. The van der Waals surface area contributed by atoms with Crippen molar-refractivity contribution in [3.63, 3.8) is 0 Å². The quantitative estimate of drug-likeness (QED) is 0.859. The molecule has 1 aliphatic heterocycles. The summed E-state index contributed by atoms with van der Waals surface area (Å²) in [5, 5.41) is 9.96. The van der Waals surface area contributed by atoms with Gasteiger partial charge in [0.05, 0.1) is 0 Å². The van der Waals surface area contributed by atoms with Crippen LogP contribution in [-0.4, -0.2) is 46.5 Å². The lowest BCUT2D eigenvalue weighted by Crippen LogP contribution is -2.45. The molecule has 1 heterocycles. The van der Waals surface area contributed by atoms with Gasteiger partial charge in [0, 0.05) is 43.3 Å². The van der Waals surface area contributed by atoms with Gasteiger partial charge in [-0.15, -0.1) is 0 Å². The van der Waals surface area contributed by atoms with E-state index in [9.17, 15) is 14.3 Å². The summed E-state index contributed by atoms with van der Waals surface area (Å²) in [6.07, 6.45) is 0.883. The fourth-order valence-corrected chi connectivity index (χ4v) is 3.93. The highest BCUT2D eigenvalue weighted by molar-refractivity contribution is 5.96. The van der Waals surface area contributed by atoms with Crippen LogP contribution in [0.2, 0.25) is 0 Å². The first-order chi connectivity index (χ1) is 13.4. The van der Waals surface area contributed by atoms with Crippen LogP contribution in [0.25, 0.3) is 0 Å². The molecule has 1 saturated heterocycles. The van der Waals surface area contributed by atoms with Crippen molar-refractivity contribution in [2.45, 2.75) is 39.8 Å². The van der Waals surface area contributed by atoms with Crippen molar-refractivity contribution >= 4 is 5.91 Å². The van der Waals surface area contributed by atoms with Gasteiger partial charge in [0.15, 0.2) is 0 Å². The molecule has 0 aromatic heterocycles. The van der Waals surface area contributed by atoms with Gasteiger partial charge in [-0.3, -0.25) is 9.69 Å². The van der Waals surface area contributed by atoms with E-state index in [0.29, 0.717) is 30.1 Å². The smallest absolute Gasteiger partial charge is 0.254 e. The van der Waals surface area contributed by atoms with Crippen LogP contribution in [0.5, 0.6) is 5.75 Å². The number of carbonyl (C=O) groups is 1. The van der Waals surface area contributed by atoms with Crippen LogP contribution in [0.3, 0.4) is 0 Å². The molecule has 0 saturated carbocycles. The van der Waals surface area contributed by atoms with Gasteiger partial charge in [-0.25, -0.2) is 4.39 Å². The van der Waals surface area contributed by atoms with Crippen LogP contribution >= 0.6 is 0 Å². The van der Waals surface area contributed by atoms with Gasteiger partial charge in [-0.2, -0.15) is 0 Å². The molecular formula is C23H29FN2O2. The molecule has 2 aromatic carbocycles. The van der Waals surface area contributed by atoms with Crippen LogP contribution in [0.1, 0.15) is 41.8 Å². The first-order valence-electron chi connectivity index (χ1n) is 9.93. The number of phenols is 1. The Kier molecular flexibility index (Phi) is 6.35. The number of benzene rings is 2. The van der Waals surface area contributed by atoms with E-state index in [1.807, 2.05) is 17.0 Å². The maximum atomic E-state index is 13.2. The van der Waals surface area contributed by atoms with E-state index in [-0.39, 0.29) is 23.5 Å². The molecule has 0 bridgehead atoms. The fraction of sp³-hybridized carbons (Fsp3) is 0.435. The third-order valence-corrected chi connectivity index (χ3v) is 5.64. The molecular weight excluding hydrogens is 355 g/mol. The number of hydrogen-bond acceptors (Lipinski definition) is 3. The Bertz CT molecular complexity index is 820. The van der Waals surface area contributed by atoms with Crippen LogP contribution in [-0.2, 0) is 6.54 Å². The SMILES string of the molecule is Cc1c(O)cccc1C(=O)N1CCCN(Cc2ccc(F)cc2)[C@@H](C(C)C)C1. The topological polar surface area (TPSA) is 43.8 Å². The van der Waals surface area contributed by atoms with E-state index < -0.39 is 0 Å². The van der Waals surface area contributed by atoms with Crippen molar-refractivity contribution in [2.24, 2.45) is 5.92 Å². The molecule has 1 atom stereocenters. The number of halogens is 1. The number of hydrogen-bond donors (Lipinski definition) is 1. The van der Waals surface area contributed by atoms with Gasteiger partial charge in [-0.05, 0) is 49.1 Å². The second-order valence-electron chi connectivity index (χ2n) is 7.96. The third-order valence-electron chi connectivity index (χ3n) is 5.64. The summed E-state index contributed by atoms with van der Waals surface area (Å²) in [5.41, 5.74) is 2.27. The van der Waals surface area contributed by atoms with E-state index in [4.69, 9.17) is 0 Å². The van der Waals surface area contributed by atoms with Gasteiger partial charge in [0.1, 0.15) is 11.6 Å². The minimum absolute atomic E-state index is 0.0253. The first kappa shape index (κ1) is 20.3. The zero-order valence-electron chi connectivity index (χ0n) is 16.9. The zero-order chi connectivity index (χ0) is 20.3. The Labute approximate surface area is 166 Å². The number of rotatable bonds is 4. The maximum absolute atomic E-state index is 13.2. The monoisotopic (exact) mass is 384 g/mol. The highest BCUT2D eigenvalue weighted by Gasteiger charge is 2.30. The summed E-state index contributed by atoms with van der Waals surface area (Å²) in [6, 6.07) is 12.0. The van der Waals surface area contributed by atoms with Crippen LogP contribution in [0, 0.1) is 18.7 Å². The molecule has 3 rings (SSSR count). The van der Waals surface area contributed by atoms with Crippen molar-refractivity contribution in [3.8, 4) is 5.75 Å². The molecule has 150 valence electrons. The van der Waals surface area contributed by atoms with Gasteiger partial charge in [0.25, 0.3) is 5.91 Å². The molecule has 0 unspecified atom stereocenters. The minimum atomic E-state index is -0.224.